The van der Waals surface area contributed by atoms with Crippen LogP contribution in [0.5, 0.6) is 0 Å². The zero-order chi connectivity index (χ0) is 9.98. The van der Waals surface area contributed by atoms with Gasteiger partial charge in [0.15, 0.2) is 0 Å². The Morgan fingerprint density at radius 2 is 1.23 bits per heavy atom. The van der Waals surface area contributed by atoms with Gasteiger partial charge in [-0.25, -0.2) is 0 Å². The Hall–Kier alpha value is 0.479. The zero-order valence-electron chi connectivity index (χ0n) is 7.06. The molecule has 0 saturated carbocycles. The van der Waals surface area contributed by atoms with Gasteiger partial charge < -0.3 is 49.7 Å². The Kier molecular flexibility index (Phi) is 22.0. The summed E-state index contributed by atoms with van der Waals surface area (Å²) in [5.74, 6) is 0. The summed E-state index contributed by atoms with van der Waals surface area (Å²) in [6.45, 7) is 3.55. The number of rotatable bonds is 0. The molecule has 0 N–H and O–H groups in total. The fourth-order valence-corrected chi connectivity index (χ4v) is 0.632. The Morgan fingerprint density at radius 1 is 1.00 bits per heavy atom. The molecule has 7 heteroatoms. The van der Waals surface area contributed by atoms with E-state index in [1.165, 1.54) is 0 Å². The monoisotopic (exact) mass is 291 g/mol. The summed E-state index contributed by atoms with van der Waals surface area (Å²) in [6, 6.07) is 0. The van der Waals surface area contributed by atoms with E-state index in [1.807, 2.05) is 0 Å². The third-order valence-electron chi connectivity index (χ3n) is 0.469. The first-order valence-electron chi connectivity index (χ1n) is 2.93. The van der Waals surface area contributed by atoms with Crippen molar-refractivity contribution in [2.24, 2.45) is 9.98 Å². The van der Waals surface area contributed by atoms with Crippen molar-refractivity contribution in [3.63, 3.8) is 0 Å². The Morgan fingerprint density at radius 3 is 1.23 bits per heavy atom. The molecule has 0 aromatic heterocycles. The smallest absolute Gasteiger partial charge is 0.409 e. The fourth-order valence-electron chi connectivity index (χ4n) is 0.211. The zero-order valence-corrected chi connectivity index (χ0v) is 11.5. The summed E-state index contributed by atoms with van der Waals surface area (Å²) in [4.78, 5) is 7.09. The van der Waals surface area contributed by atoms with Crippen molar-refractivity contribution in [2.45, 2.75) is 13.8 Å². The van der Waals surface area contributed by atoms with E-state index in [4.69, 9.17) is 0 Å². The van der Waals surface area contributed by atoms with Crippen LogP contribution in [0.3, 0.4) is 0 Å². The Labute approximate surface area is 111 Å². The molecule has 73 valence electrons. The van der Waals surface area contributed by atoms with Crippen molar-refractivity contribution < 1.29 is 17.1 Å². The molecule has 0 unspecified atom stereocenters. The molecule has 0 saturated heterocycles. The van der Waals surface area contributed by atoms with Crippen LogP contribution in [-0.4, -0.2) is 21.1 Å². The largest absolute Gasteiger partial charge is 2.00 e. The molecule has 0 aliphatic rings. The van der Waals surface area contributed by atoms with Gasteiger partial charge in [0.1, 0.15) is 0 Å². The average Bonchev–Trinajstić information content (AvgIpc) is 1.87. The summed E-state index contributed by atoms with van der Waals surface area (Å²) in [5.41, 5.74) is 0. The minimum absolute atomic E-state index is 0. The van der Waals surface area contributed by atoms with Gasteiger partial charge in [-0.1, -0.05) is 0 Å². The molecule has 0 aliphatic carbocycles. The van der Waals surface area contributed by atoms with Gasteiger partial charge in [-0.2, -0.15) is 0 Å². The molecule has 0 fully saturated rings. The molecular formula is C6H8MnN2S4. The van der Waals surface area contributed by atoms with Crippen LogP contribution < -0.4 is 0 Å². The van der Waals surface area contributed by atoms with Crippen LogP contribution in [0, 0.1) is 0 Å². The SMILES string of the molecule is CC=NC(=S)[S-].CC=NC(=S)[S-].[Mn+2]. The van der Waals surface area contributed by atoms with Crippen molar-refractivity contribution in [3.05, 3.63) is 0 Å². The van der Waals surface area contributed by atoms with Gasteiger partial charge in [0.2, 0.25) is 0 Å². The summed E-state index contributed by atoms with van der Waals surface area (Å²) in [7, 11) is 0. The van der Waals surface area contributed by atoms with Crippen molar-refractivity contribution in [1.82, 2.24) is 0 Å². The molecule has 0 spiro atoms. The molecule has 0 aliphatic heterocycles. The fraction of sp³-hybridized carbons (Fsp3) is 0.333. The van der Waals surface area contributed by atoms with Gasteiger partial charge in [-0.3, -0.25) is 9.98 Å². The van der Waals surface area contributed by atoms with E-state index in [-0.39, 0.29) is 25.7 Å². The molecule has 0 rings (SSSR count). The second kappa shape index (κ2) is 15.0. The third-order valence-corrected chi connectivity index (χ3v) is 0.891. The summed E-state index contributed by atoms with van der Waals surface area (Å²) < 4.78 is 0.551. The van der Waals surface area contributed by atoms with Gasteiger partial charge in [0.05, 0.1) is 0 Å². The quantitative estimate of drug-likeness (QED) is 0.294. The summed E-state index contributed by atoms with van der Waals surface area (Å²) >= 11 is 17.6. The van der Waals surface area contributed by atoms with Crippen LogP contribution in [0.4, 0.5) is 0 Å². The van der Waals surface area contributed by atoms with Gasteiger partial charge in [0, 0.05) is 0 Å². The van der Waals surface area contributed by atoms with Gasteiger partial charge in [-0.05, 0) is 34.9 Å². The maximum Gasteiger partial charge on any atom is 2.00 e. The molecule has 2 nitrogen and oxygen atoms in total. The third kappa shape index (κ3) is 32.6. The normalized spacial score (nSPS) is 8.77. The number of aliphatic imine (C=N–C) groups is 2. The molecular weight excluding hydrogens is 283 g/mol. The van der Waals surface area contributed by atoms with Gasteiger partial charge in [0.25, 0.3) is 0 Å². The minimum atomic E-state index is 0. The predicted molar refractivity (Wildman–Crippen MR) is 68.3 cm³/mol. The maximum absolute atomic E-state index is 4.41. The first-order valence-corrected chi connectivity index (χ1v) is 4.57. The van der Waals surface area contributed by atoms with Gasteiger partial charge >= 0.3 is 17.1 Å². The van der Waals surface area contributed by atoms with Crippen LogP contribution in [0.2, 0.25) is 0 Å². The summed E-state index contributed by atoms with van der Waals surface area (Å²) in [6.07, 6.45) is 3.16. The van der Waals surface area contributed by atoms with E-state index in [2.05, 4.69) is 59.7 Å². The average molecular weight is 291 g/mol. The molecule has 0 atom stereocenters. The van der Waals surface area contributed by atoms with Crippen LogP contribution in [-0.2, 0) is 42.3 Å². The van der Waals surface area contributed by atoms with E-state index < -0.39 is 0 Å². The van der Waals surface area contributed by atoms with E-state index in [9.17, 15) is 0 Å². The Bertz CT molecular complexity index is 181. The topological polar surface area (TPSA) is 24.7 Å². The molecule has 1 radical (unpaired) electrons. The standard InChI is InChI=1S/2C3H5NS2.Mn/c2*1-2-4-3(5)6;/h2*2H,1H3,(H,5,6);/q;;+2/p-2. The predicted octanol–water partition coefficient (Wildman–Crippen LogP) is 1.82. The van der Waals surface area contributed by atoms with E-state index >= 15 is 0 Å². The first-order chi connectivity index (χ1) is 5.54. The van der Waals surface area contributed by atoms with Crippen LogP contribution >= 0.6 is 24.4 Å². The van der Waals surface area contributed by atoms with Crippen molar-refractivity contribution in [2.75, 3.05) is 0 Å². The molecule has 0 aromatic carbocycles. The molecule has 0 amide bonds. The number of hydrogen-bond donors (Lipinski definition) is 0. The maximum atomic E-state index is 4.41. The van der Waals surface area contributed by atoms with Gasteiger partial charge in [-0.15, -0.1) is 0 Å². The van der Waals surface area contributed by atoms with Crippen LogP contribution in [0.15, 0.2) is 9.98 Å². The summed E-state index contributed by atoms with van der Waals surface area (Å²) in [5, 5.41) is 0. The molecule has 0 bridgehead atoms. The van der Waals surface area contributed by atoms with Crippen LogP contribution in [0.1, 0.15) is 13.8 Å². The van der Waals surface area contributed by atoms with E-state index in [0.29, 0.717) is 0 Å². The van der Waals surface area contributed by atoms with Crippen molar-refractivity contribution in [1.29, 1.82) is 0 Å². The Balaban J connectivity index is -0.000000143. The van der Waals surface area contributed by atoms with E-state index in [0.717, 1.165) is 0 Å². The van der Waals surface area contributed by atoms with E-state index in [1.54, 1.807) is 26.3 Å². The number of thiocarbonyl (C=S) groups is 2. The second-order valence-corrected chi connectivity index (χ2v) is 3.37. The van der Waals surface area contributed by atoms with Crippen molar-refractivity contribution >= 4 is 70.8 Å². The molecule has 0 aromatic rings. The molecule has 13 heavy (non-hydrogen) atoms. The number of nitrogens with zero attached hydrogens (tertiary/aromatic N) is 2. The first kappa shape index (κ1) is 19.1. The second-order valence-electron chi connectivity index (χ2n) is 1.31. The number of hydrogen-bond acceptors (Lipinski definition) is 4. The minimum Gasteiger partial charge on any atom is -0.409 e. The van der Waals surface area contributed by atoms with Crippen LogP contribution in [0.25, 0.3) is 0 Å². The molecule has 0 heterocycles. The van der Waals surface area contributed by atoms with Crippen molar-refractivity contribution in [3.8, 4) is 0 Å².